The fourth-order valence-electron chi connectivity index (χ4n) is 1.39. The van der Waals surface area contributed by atoms with Gasteiger partial charge < -0.3 is 4.74 Å². The van der Waals surface area contributed by atoms with E-state index in [1.165, 1.54) is 7.11 Å². The highest BCUT2D eigenvalue weighted by Crippen LogP contribution is 2.28. The number of carbonyl (C=O) groups excluding carboxylic acids is 1. The van der Waals surface area contributed by atoms with E-state index in [4.69, 9.17) is 11.6 Å². The van der Waals surface area contributed by atoms with Gasteiger partial charge in [-0.15, -0.1) is 11.3 Å². The fourth-order valence-corrected chi connectivity index (χ4v) is 2.50. The monoisotopic (exact) mass is 240 g/mol. The Bertz CT molecular complexity index is 504. The first-order chi connectivity index (χ1) is 7.20. The van der Waals surface area contributed by atoms with Crippen molar-refractivity contribution in [3.05, 3.63) is 34.2 Å². The number of fused-ring (bicyclic) bond motifs is 1. The van der Waals surface area contributed by atoms with Crippen LogP contribution in [0.3, 0.4) is 0 Å². The molecule has 15 heavy (non-hydrogen) atoms. The number of hydrogen-bond donors (Lipinski definition) is 0. The van der Waals surface area contributed by atoms with Crippen LogP contribution in [0.1, 0.15) is 5.56 Å². The molecule has 1 heterocycles. The van der Waals surface area contributed by atoms with Crippen molar-refractivity contribution < 1.29 is 9.53 Å². The third-order valence-corrected chi connectivity index (χ3v) is 3.42. The van der Waals surface area contributed by atoms with Crippen LogP contribution in [-0.4, -0.2) is 13.1 Å². The van der Waals surface area contributed by atoms with Crippen LogP contribution in [0.2, 0.25) is 5.02 Å². The van der Waals surface area contributed by atoms with E-state index in [2.05, 4.69) is 4.74 Å². The Morgan fingerprint density at radius 2 is 2.33 bits per heavy atom. The van der Waals surface area contributed by atoms with Gasteiger partial charge in [-0.2, -0.15) is 0 Å². The van der Waals surface area contributed by atoms with Gasteiger partial charge in [0, 0.05) is 9.72 Å². The highest BCUT2D eigenvalue weighted by atomic mass is 35.5. The van der Waals surface area contributed by atoms with Crippen molar-refractivity contribution in [2.45, 2.75) is 6.42 Å². The molecule has 0 aliphatic carbocycles. The minimum Gasteiger partial charge on any atom is -0.469 e. The summed E-state index contributed by atoms with van der Waals surface area (Å²) < 4.78 is 5.74. The molecule has 2 rings (SSSR count). The minimum absolute atomic E-state index is 0.223. The number of halogens is 1. The van der Waals surface area contributed by atoms with Crippen molar-refractivity contribution in [2.24, 2.45) is 0 Å². The molecule has 0 aliphatic heterocycles. The lowest BCUT2D eigenvalue weighted by atomic mass is 10.1. The standard InChI is InChI=1S/C11H9ClO2S/c1-14-11(13)5-8-4-7-2-3-15-10(7)6-9(8)12/h2-4,6H,5H2,1H3. The Morgan fingerprint density at radius 1 is 1.53 bits per heavy atom. The van der Waals surface area contributed by atoms with Crippen molar-refractivity contribution in [3.8, 4) is 0 Å². The molecule has 2 nitrogen and oxygen atoms in total. The van der Waals surface area contributed by atoms with Gasteiger partial charge >= 0.3 is 5.97 Å². The van der Waals surface area contributed by atoms with Gasteiger partial charge in [0.2, 0.25) is 0 Å². The zero-order valence-corrected chi connectivity index (χ0v) is 9.69. The molecule has 4 heteroatoms. The van der Waals surface area contributed by atoms with Crippen LogP contribution in [0.25, 0.3) is 10.1 Å². The summed E-state index contributed by atoms with van der Waals surface area (Å²) in [7, 11) is 1.37. The Balaban J connectivity index is 2.41. The van der Waals surface area contributed by atoms with Gasteiger partial charge in [0.1, 0.15) is 0 Å². The Morgan fingerprint density at radius 3 is 3.07 bits per heavy atom. The summed E-state index contributed by atoms with van der Waals surface area (Å²) >= 11 is 7.69. The number of hydrogen-bond acceptors (Lipinski definition) is 3. The second kappa shape index (κ2) is 4.21. The molecule has 0 aliphatic rings. The lowest BCUT2D eigenvalue weighted by Gasteiger charge is -2.03. The summed E-state index contributed by atoms with van der Waals surface area (Å²) in [6, 6.07) is 5.84. The third kappa shape index (κ3) is 2.13. The number of rotatable bonds is 2. The first-order valence-electron chi connectivity index (χ1n) is 4.43. The Kier molecular flexibility index (Phi) is 2.93. The molecule has 0 amide bonds. The highest BCUT2D eigenvalue weighted by molar-refractivity contribution is 7.17. The molecule has 0 fully saturated rings. The van der Waals surface area contributed by atoms with Crippen LogP contribution in [0, 0.1) is 0 Å². The quantitative estimate of drug-likeness (QED) is 0.753. The lowest BCUT2D eigenvalue weighted by Crippen LogP contribution is -2.04. The smallest absolute Gasteiger partial charge is 0.310 e. The zero-order valence-electron chi connectivity index (χ0n) is 8.12. The molecule has 0 saturated heterocycles. The van der Waals surface area contributed by atoms with E-state index in [0.717, 1.165) is 15.6 Å². The molecule has 1 aromatic carbocycles. The topological polar surface area (TPSA) is 26.3 Å². The van der Waals surface area contributed by atoms with Gasteiger partial charge in [-0.3, -0.25) is 4.79 Å². The molecular weight excluding hydrogens is 232 g/mol. The van der Waals surface area contributed by atoms with Crippen molar-refractivity contribution in [1.29, 1.82) is 0 Å². The van der Waals surface area contributed by atoms with E-state index >= 15 is 0 Å². The maximum atomic E-state index is 11.1. The number of methoxy groups -OCH3 is 1. The number of esters is 1. The second-order valence-corrected chi connectivity index (χ2v) is 4.51. The Labute approximate surface area is 96.4 Å². The predicted molar refractivity (Wildman–Crippen MR) is 62.6 cm³/mol. The lowest BCUT2D eigenvalue weighted by molar-refractivity contribution is -0.139. The number of benzene rings is 1. The summed E-state index contributed by atoms with van der Waals surface area (Å²) in [6.45, 7) is 0. The molecule has 0 atom stereocenters. The summed E-state index contributed by atoms with van der Waals surface area (Å²) in [6.07, 6.45) is 0.223. The number of ether oxygens (including phenoxy) is 1. The maximum Gasteiger partial charge on any atom is 0.310 e. The summed E-state index contributed by atoms with van der Waals surface area (Å²) in [5, 5.41) is 3.74. The van der Waals surface area contributed by atoms with Crippen molar-refractivity contribution >= 4 is 39.0 Å². The molecule has 1 aromatic heterocycles. The normalized spacial score (nSPS) is 10.5. The predicted octanol–water partition coefficient (Wildman–Crippen LogP) is 3.27. The van der Waals surface area contributed by atoms with E-state index in [9.17, 15) is 4.79 Å². The van der Waals surface area contributed by atoms with Crippen molar-refractivity contribution in [3.63, 3.8) is 0 Å². The first-order valence-corrected chi connectivity index (χ1v) is 5.69. The van der Waals surface area contributed by atoms with E-state index in [-0.39, 0.29) is 12.4 Å². The fraction of sp³-hybridized carbons (Fsp3) is 0.182. The summed E-state index contributed by atoms with van der Waals surface area (Å²) in [4.78, 5) is 11.1. The second-order valence-electron chi connectivity index (χ2n) is 3.15. The molecule has 78 valence electrons. The zero-order chi connectivity index (χ0) is 10.8. The third-order valence-electron chi connectivity index (χ3n) is 2.18. The van der Waals surface area contributed by atoms with Gasteiger partial charge in [-0.05, 0) is 34.5 Å². The van der Waals surface area contributed by atoms with Gasteiger partial charge in [-0.1, -0.05) is 11.6 Å². The van der Waals surface area contributed by atoms with Crippen LogP contribution in [0.15, 0.2) is 23.6 Å². The van der Waals surface area contributed by atoms with E-state index in [1.54, 1.807) is 11.3 Å². The van der Waals surface area contributed by atoms with E-state index in [0.29, 0.717) is 5.02 Å². The maximum absolute atomic E-state index is 11.1. The molecule has 0 unspecified atom stereocenters. The average Bonchev–Trinajstić information content (AvgIpc) is 2.65. The minimum atomic E-state index is -0.272. The largest absolute Gasteiger partial charge is 0.469 e. The average molecular weight is 241 g/mol. The van der Waals surface area contributed by atoms with Gasteiger partial charge in [-0.25, -0.2) is 0 Å². The van der Waals surface area contributed by atoms with Crippen LogP contribution in [0.5, 0.6) is 0 Å². The molecule has 0 N–H and O–H groups in total. The van der Waals surface area contributed by atoms with Crippen LogP contribution >= 0.6 is 22.9 Å². The van der Waals surface area contributed by atoms with Gasteiger partial charge in [0.25, 0.3) is 0 Å². The highest BCUT2D eigenvalue weighted by Gasteiger charge is 2.08. The van der Waals surface area contributed by atoms with Gasteiger partial charge in [0.15, 0.2) is 0 Å². The van der Waals surface area contributed by atoms with E-state index < -0.39 is 0 Å². The summed E-state index contributed by atoms with van der Waals surface area (Å²) in [5.74, 6) is -0.272. The molecule has 0 spiro atoms. The first kappa shape index (κ1) is 10.5. The Hall–Kier alpha value is -1.06. The molecule has 0 bridgehead atoms. The van der Waals surface area contributed by atoms with Crippen LogP contribution in [0.4, 0.5) is 0 Å². The van der Waals surface area contributed by atoms with Crippen LogP contribution < -0.4 is 0 Å². The van der Waals surface area contributed by atoms with Crippen molar-refractivity contribution in [1.82, 2.24) is 0 Å². The number of thiophene rings is 1. The van der Waals surface area contributed by atoms with Crippen LogP contribution in [-0.2, 0) is 16.0 Å². The number of carbonyl (C=O) groups is 1. The molecule has 0 saturated carbocycles. The summed E-state index contributed by atoms with van der Waals surface area (Å²) in [5.41, 5.74) is 0.814. The molecular formula is C11H9ClO2S. The molecule has 2 aromatic rings. The molecule has 0 radical (unpaired) electrons. The van der Waals surface area contributed by atoms with Gasteiger partial charge in [0.05, 0.1) is 13.5 Å². The van der Waals surface area contributed by atoms with Crippen molar-refractivity contribution in [2.75, 3.05) is 7.11 Å². The SMILES string of the molecule is COC(=O)Cc1cc2ccsc2cc1Cl. The van der Waals surface area contributed by atoms with E-state index in [1.807, 2.05) is 23.6 Å².